The zero-order valence-corrected chi connectivity index (χ0v) is 12.5. The van der Waals surface area contributed by atoms with Gasteiger partial charge in [0.25, 0.3) is 0 Å². The molecule has 0 spiro atoms. The highest BCUT2D eigenvalue weighted by Crippen LogP contribution is 2.36. The van der Waals surface area contributed by atoms with Gasteiger partial charge in [-0.05, 0) is 38.1 Å². The second-order valence-corrected chi connectivity index (χ2v) is 5.91. The molecule has 1 aromatic heterocycles. The van der Waals surface area contributed by atoms with Crippen LogP contribution in [0.1, 0.15) is 70.5 Å². The van der Waals surface area contributed by atoms with Gasteiger partial charge in [-0.1, -0.05) is 32.3 Å². The number of hydrogen-bond acceptors (Lipinski definition) is 4. The van der Waals surface area contributed by atoms with Gasteiger partial charge >= 0.3 is 0 Å². The molecule has 4 nitrogen and oxygen atoms in total. The zero-order chi connectivity index (χ0) is 13.7. The van der Waals surface area contributed by atoms with Crippen molar-refractivity contribution in [3.8, 4) is 0 Å². The summed E-state index contributed by atoms with van der Waals surface area (Å²) in [6, 6.07) is 0.464. The molecular weight excluding hydrogens is 238 g/mol. The maximum atomic E-state index is 5.43. The van der Waals surface area contributed by atoms with Gasteiger partial charge in [0.1, 0.15) is 0 Å². The van der Waals surface area contributed by atoms with Crippen molar-refractivity contribution in [1.29, 1.82) is 0 Å². The predicted molar refractivity (Wildman–Crippen MR) is 76.1 cm³/mol. The highest BCUT2D eigenvalue weighted by atomic mass is 16.5. The molecule has 1 N–H and O–H groups in total. The monoisotopic (exact) mass is 265 g/mol. The Labute approximate surface area is 116 Å². The highest BCUT2D eigenvalue weighted by Gasteiger charge is 2.27. The van der Waals surface area contributed by atoms with E-state index in [1.165, 1.54) is 25.7 Å². The lowest BCUT2D eigenvalue weighted by molar-refractivity contribution is 0.346. The van der Waals surface area contributed by atoms with Crippen molar-refractivity contribution in [2.24, 2.45) is 5.92 Å². The van der Waals surface area contributed by atoms with Crippen LogP contribution in [0.4, 0.5) is 0 Å². The summed E-state index contributed by atoms with van der Waals surface area (Å²) in [5.41, 5.74) is 0. The van der Waals surface area contributed by atoms with Crippen molar-refractivity contribution in [2.45, 2.75) is 71.3 Å². The molecule has 0 amide bonds. The fourth-order valence-electron chi connectivity index (χ4n) is 3.08. The summed E-state index contributed by atoms with van der Waals surface area (Å²) in [6.45, 7) is 7.65. The number of aromatic nitrogens is 2. The molecular formula is C15H27N3O. The predicted octanol–water partition coefficient (Wildman–Crippen LogP) is 3.29. The van der Waals surface area contributed by atoms with Gasteiger partial charge in [0.05, 0.1) is 0 Å². The molecule has 2 rings (SSSR count). The largest absolute Gasteiger partial charge is 0.339 e. The Bertz CT molecular complexity index is 371. The average Bonchev–Trinajstić information content (AvgIpc) is 2.99. The Hall–Kier alpha value is -0.900. The number of likely N-dealkylation sites (N-methyl/N-ethyl adjacent to an activating group) is 1. The summed E-state index contributed by atoms with van der Waals surface area (Å²) in [7, 11) is 0. The minimum Gasteiger partial charge on any atom is -0.339 e. The van der Waals surface area contributed by atoms with E-state index in [9.17, 15) is 0 Å². The molecule has 0 bridgehead atoms. The van der Waals surface area contributed by atoms with Crippen LogP contribution in [-0.4, -0.2) is 22.7 Å². The zero-order valence-electron chi connectivity index (χ0n) is 12.5. The van der Waals surface area contributed by atoms with Crippen molar-refractivity contribution in [1.82, 2.24) is 15.5 Å². The van der Waals surface area contributed by atoms with Crippen molar-refractivity contribution in [2.75, 3.05) is 6.54 Å². The Morgan fingerprint density at radius 1 is 1.37 bits per heavy atom. The molecule has 3 atom stereocenters. The van der Waals surface area contributed by atoms with Crippen LogP contribution in [0.15, 0.2) is 4.52 Å². The van der Waals surface area contributed by atoms with Gasteiger partial charge in [0.2, 0.25) is 5.89 Å². The van der Waals surface area contributed by atoms with Gasteiger partial charge in [-0.2, -0.15) is 4.98 Å². The first kappa shape index (κ1) is 14.5. The molecule has 19 heavy (non-hydrogen) atoms. The second kappa shape index (κ2) is 7.04. The van der Waals surface area contributed by atoms with Crippen molar-refractivity contribution >= 4 is 0 Å². The lowest BCUT2D eigenvalue weighted by Crippen LogP contribution is -2.30. The molecule has 1 aromatic rings. The van der Waals surface area contributed by atoms with E-state index in [2.05, 4.69) is 36.2 Å². The van der Waals surface area contributed by atoms with E-state index in [1.807, 2.05) is 0 Å². The molecule has 0 aromatic carbocycles. The van der Waals surface area contributed by atoms with Gasteiger partial charge in [-0.25, -0.2) is 0 Å². The lowest BCUT2D eigenvalue weighted by atomic mass is 10.1. The van der Waals surface area contributed by atoms with Crippen molar-refractivity contribution in [3.63, 3.8) is 0 Å². The Kier molecular flexibility index (Phi) is 5.37. The first-order valence-electron chi connectivity index (χ1n) is 7.78. The van der Waals surface area contributed by atoms with E-state index >= 15 is 0 Å². The topological polar surface area (TPSA) is 51.0 Å². The maximum Gasteiger partial charge on any atom is 0.228 e. The molecule has 0 saturated heterocycles. The van der Waals surface area contributed by atoms with E-state index in [4.69, 9.17) is 4.52 Å². The fraction of sp³-hybridized carbons (Fsp3) is 0.867. The SMILES string of the molecule is CCCC(Cc1nc(C2CCC(C)C2)no1)NCC. The molecule has 1 aliphatic rings. The van der Waals surface area contributed by atoms with Crippen LogP contribution >= 0.6 is 0 Å². The Morgan fingerprint density at radius 3 is 2.84 bits per heavy atom. The molecule has 108 valence electrons. The van der Waals surface area contributed by atoms with Gasteiger partial charge < -0.3 is 9.84 Å². The molecule has 1 heterocycles. The molecule has 0 aliphatic heterocycles. The van der Waals surface area contributed by atoms with Crippen LogP contribution in [0.2, 0.25) is 0 Å². The van der Waals surface area contributed by atoms with Crippen molar-refractivity contribution < 1.29 is 4.52 Å². The third-order valence-electron chi connectivity index (χ3n) is 4.09. The molecule has 1 aliphatic carbocycles. The van der Waals surface area contributed by atoms with Crippen LogP contribution in [0.3, 0.4) is 0 Å². The Morgan fingerprint density at radius 2 is 2.21 bits per heavy atom. The van der Waals surface area contributed by atoms with E-state index in [0.717, 1.165) is 37.0 Å². The second-order valence-electron chi connectivity index (χ2n) is 5.91. The van der Waals surface area contributed by atoms with Crippen LogP contribution in [0.25, 0.3) is 0 Å². The van der Waals surface area contributed by atoms with Gasteiger partial charge in [-0.3, -0.25) is 0 Å². The van der Waals surface area contributed by atoms with E-state index in [-0.39, 0.29) is 0 Å². The van der Waals surface area contributed by atoms with Crippen LogP contribution < -0.4 is 5.32 Å². The van der Waals surface area contributed by atoms with E-state index in [0.29, 0.717) is 12.0 Å². The van der Waals surface area contributed by atoms with E-state index < -0.39 is 0 Å². The highest BCUT2D eigenvalue weighted by molar-refractivity contribution is 5.00. The standard InChI is InChI=1S/C15H27N3O/c1-4-6-13(16-5-2)10-14-17-15(18-19-14)12-8-7-11(3)9-12/h11-13,16H,4-10H2,1-3H3. The quantitative estimate of drug-likeness (QED) is 0.822. The van der Waals surface area contributed by atoms with Gasteiger partial charge in [-0.15, -0.1) is 0 Å². The summed E-state index contributed by atoms with van der Waals surface area (Å²) < 4.78 is 5.43. The normalized spacial score (nSPS) is 24.8. The maximum absolute atomic E-state index is 5.43. The minimum absolute atomic E-state index is 0.464. The molecule has 4 heteroatoms. The third kappa shape index (κ3) is 4.03. The van der Waals surface area contributed by atoms with E-state index in [1.54, 1.807) is 0 Å². The number of rotatable bonds is 7. The third-order valence-corrected chi connectivity index (χ3v) is 4.09. The van der Waals surface area contributed by atoms with Crippen LogP contribution in [-0.2, 0) is 6.42 Å². The van der Waals surface area contributed by atoms with Gasteiger partial charge in [0, 0.05) is 18.4 Å². The minimum atomic E-state index is 0.464. The smallest absolute Gasteiger partial charge is 0.228 e. The van der Waals surface area contributed by atoms with Gasteiger partial charge in [0.15, 0.2) is 5.82 Å². The number of hydrogen-bond donors (Lipinski definition) is 1. The molecule has 3 unspecified atom stereocenters. The number of nitrogens with one attached hydrogen (secondary N) is 1. The van der Waals surface area contributed by atoms with Crippen LogP contribution in [0.5, 0.6) is 0 Å². The fourth-order valence-corrected chi connectivity index (χ4v) is 3.08. The summed E-state index contributed by atoms with van der Waals surface area (Å²) in [4.78, 5) is 4.61. The average molecular weight is 265 g/mol. The summed E-state index contributed by atoms with van der Waals surface area (Å²) in [5.74, 6) is 3.07. The van der Waals surface area contributed by atoms with Crippen molar-refractivity contribution in [3.05, 3.63) is 11.7 Å². The molecule has 1 saturated carbocycles. The lowest BCUT2D eigenvalue weighted by Gasteiger charge is -2.14. The summed E-state index contributed by atoms with van der Waals surface area (Å²) in [6.07, 6.45) is 6.92. The number of nitrogens with zero attached hydrogens (tertiary/aromatic N) is 2. The summed E-state index contributed by atoms with van der Waals surface area (Å²) >= 11 is 0. The van der Waals surface area contributed by atoms with Crippen LogP contribution in [0, 0.1) is 5.92 Å². The molecule has 1 fully saturated rings. The molecule has 0 radical (unpaired) electrons. The summed E-state index contributed by atoms with van der Waals surface area (Å²) in [5, 5.41) is 7.68. The Balaban J connectivity index is 1.92. The first-order chi connectivity index (χ1) is 9.22. The first-order valence-corrected chi connectivity index (χ1v) is 7.78.